The van der Waals surface area contributed by atoms with Gasteiger partial charge in [-0.3, -0.25) is 9.59 Å². The zero-order chi connectivity index (χ0) is 31.4. The molecule has 0 aliphatic heterocycles. The number of para-hydroxylation sites is 3. The van der Waals surface area contributed by atoms with E-state index < -0.39 is 0 Å². The number of anilines is 3. The number of carbonyl (C=O) groups excluding carboxylic acids is 2. The van der Waals surface area contributed by atoms with Crippen molar-refractivity contribution in [3.8, 4) is 28.5 Å². The van der Waals surface area contributed by atoms with Crippen LogP contribution in [0.4, 0.5) is 16.5 Å². The minimum atomic E-state index is -0.353. The number of hydrazone groups is 1. The molecule has 0 spiro atoms. The molecule has 4 aromatic carbocycles. The number of rotatable bonds is 13. The SMILES string of the molecule is CCOc1cc(/C=N/NC(=O)c2ccc(-c3csc(Nc4ccccc4)n3)cc2)ccc1OCC(=O)Nc1ccccc1OC. The van der Waals surface area contributed by atoms with E-state index in [1.807, 2.05) is 60.8 Å². The molecule has 0 saturated carbocycles. The van der Waals surface area contributed by atoms with Gasteiger partial charge in [-0.25, -0.2) is 10.4 Å². The Kier molecular flexibility index (Phi) is 10.4. The summed E-state index contributed by atoms with van der Waals surface area (Å²) in [6, 6.07) is 29.3. The zero-order valence-electron chi connectivity index (χ0n) is 24.7. The lowest BCUT2D eigenvalue weighted by Gasteiger charge is -2.13. The molecule has 1 heterocycles. The van der Waals surface area contributed by atoms with Crippen molar-refractivity contribution in [1.29, 1.82) is 0 Å². The van der Waals surface area contributed by atoms with Gasteiger partial charge in [0.05, 0.1) is 31.3 Å². The first kappa shape index (κ1) is 30.8. The summed E-state index contributed by atoms with van der Waals surface area (Å²) >= 11 is 1.51. The maximum atomic E-state index is 12.7. The molecule has 45 heavy (non-hydrogen) atoms. The number of hydrogen-bond acceptors (Lipinski definition) is 9. The molecule has 0 aliphatic carbocycles. The highest BCUT2D eigenvalue weighted by Crippen LogP contribution is 2.29. The Balaban J connectivity index is 1.15. The van der Waals surface area contributed by atoms with Gasteiger partial charge in [0.2, 0.25) is 0 Å². The largest absolute Gasteiger partial charge is 0.495 e. The summed E-state index contributed by atoms with van der Waals surface area (Å²) in [5.41, 5.74) is 6.91. The molecule has 0 aliphatic rings. The van der Waals surface area contributed by atoms with E-state index >= 15 is 0 Å². The predicted octanol–water partition coefficient (Wildman–Crippen LogP) is 6.74. The number of methoxy groups -OCH3 is 1. The molecule has 11 heteroatoms. The Morgan fingerprint density at radius 2 is 1.67 bits per heavy atom. The van der Waals surface area contributed by atoms with Crippen molar-refractivity contribution in [2.24, 2.45) is 5.10 Å². The minimum Gasteiger partial charge on any atom is -0.495 e. The highest BCUT2D eigenvalue weighted by molar-refractivity contribution is 7.14. The number of nitrogens with zero attached hydrogens (tertiary/aromatic N) is 2. The number of amides is 2. The van der Waals surface area contributed by atoms with E-state index in [0.717, 1.165) is 22.1 Å². The lowest BCUT2D eigenvalue weighted by Crippen LogP contribution is -2.20. The van der Waals surface area contributed by atoms with Gasteiger partial charge < -0.3 is 24.8 Å². The van der Waals surface area contributed by atoms with Crippen LogP contribution in [0, 0.1) is 0 Å². The van der Waals surface area contributed by atoms with Crippen LogP contribution in [0.1, 0.15) is 22.8 Å². The van der Waals surface area contributed by atoms with Crippen molar-refractivity contribution in [2.75, 3.05) is 31.0 Å². The fraction of sp³-hybridized carbons (Fsp3) is 0.118. The Morgan fingerprint density at radius 1 is 0.889 bits per heavy atom. The van der Waals surface area contributed by atoms with Gasteiger partial charge >= 0.3 is 0 Å². The van der Waals surface area contributed by atoms with Crippen molar-refractivity contribution in [3.63, 3.8) is 0 Å². The number of ether oxygens (including phenoxy) is 3. The third-order valence-corrected chi connectivity index (χ3v) is 7.12. The van der Waals surface area contributed by atoms with Crippen LogP contribution in [0.15, 0.2) is 108 Å². The minimum absolute atomic E-state index is 0.228. The molecule has 1 aromatic heterocycles. The smallest absolute Gasteiger partial charge is 0.271 e. The second-order valence-electron chi connectivity index (χ2n) is 9.48. The normalized spacial score (nSPS) is 10.7. The van der Waals surface area contributed by atoms with Crippen LogP contribution in [0.25, 0.3) is 11.3 Å². The Bertz CT molecular complexity index is 1770. The van der Waals surface area contributed by atoms with Crippen LogP contribution in [0.2, 0.25) is 0 Å². The topological polar surface area (TPSA) is 123 Å². The summed E-state index contributed by atoms with van der Waals surface area (Å²) in [6.45, 7) is 2.01. The first-order valence-electron chi connectivity index (χ1n) is 14.1. The van der Waals surface area contributed by atoms with E-state index in [-0.39, 0.29) is 18.4 Å². The molecule has 2 amide bonds. The van der Waals surface area contributed by atoms with Crippen LogP contribution in [0.5, 0.6) is 17.2 Å². The molecular formula is C34H31N5O5S. The standard InChI is InChI=1S/C34H31N5O5S/c1-3-43-31-19-23(13-18-30(31)44-21-32(40)37-27-11-7-8-12-29(27)42-2)20-35-39-33(41)25-16-14-24(15-17-25)28-22-45-34(38-28)36-26-9-5-4-6-10-26/h4-20,22H,3,21H2,1-2H3,(H,36,38)(H,37,40)(H,39,41)/b35-20+. The highest BCUT2D eigenvalue weighted by atomic mass is 32.1. The van der Waals surface area contributed by atoms with Crippen LogP contribution < -0.4 is 30.3 Å². The summed E-state index contributed by atoms with van der Waals surface area (Å²) in [4.78, 5) is 29.8. The number of aromatic nitrogens is 1. The number of carbonyl (C=O) groups is 2. The van der Waals surface area contributed by atoms with Crippen molar-refractivity contribution >= 4 is 45.9 Å². The third-order valence-electron chi connectivity index (χ3n) is 6.36. The maximum absolute atomic E-state index is 12.7. The van der Waals surface area contributed by atoms with E-state index in [9.17, 15) is 9.59 Å². The lowest BCUT2D eigenvalue weighted by atomic mass is 10.1. The van der Waals surface area contributed by atoms with Gasteiger partial charge in [0, 0.05) is 22.2 Å². The molecule has 228 valence electrons. The molecular weight excluding hydrogens is 590 g/mol. The quantitative estimate of drug-likeness (QED) is 0.0983. The Morgan fingerprint density at radius 3 is 2.44 bits per heavy atom. The van der Waals surface area contributed by atoms with E-state index in [4.69, 9.17) is 14.2 Å². The van der Waals surface area contributed by atoms with Crippen LogP contribution in [0.3, 0.4) is 0 Å². The monoisotopic (exact) mass is 621 g/mol. The van der Waals surface area contributed by atoms with Gasteiger partial charge in [-0.05, 0) is 67.1 Å². The maximum Gasteiger partial charge on any atom is 0.271 e. The van der Waals surface area contributed by atoms with E-state index in [1.54, 1.807) is 48.5 Å². The molecule has 0 radical (unpaired) electrons. The summed E-state index contributed by atoms with van der Waals surface area (Å²) < 4.78 is 16.7. The number of nitrogens with one attached hydrogen (secondary N) is 3. The zero-order valence-corrected chi connectivity index (χ0v) is 25.5. The lowest BCUT2D eigenvalue weighted by molar-refractivity contribution is -0.118. The summed E-state index contributed by atoms with van der Waals surface area (Å²) in [6.07, 6.45) is 1.50. The average molecular weight is 622 g/mol. The van der Waals surface area contributed by atoms with Crippen LogP contribution in [-0.2, 0) is 4.79 Å². The fourth-order valence-corrected chi connectivity index (χ4v) is 4.94. The number of thiazole rings is 1. The summed E-state index contributed by atoms with van der Waals surface area (Å²) in [5, 5.41) is 12.9. The molecule has 0 atom stereocenters. The van der Waals surface area contributed by atoms with Crippen molar-refractivity contribution in [2.45, 2.75) is 6.92 Å². The van der Waals surface area contributed by atoms with E-state index in [1.165, 1.54) is 24.7 Å². The predicted molar refractivity (Wildman–Crippen MR) is 177 cm³/mol. The molecule has 10 nitrogen and oxygen atoms in total. The molecule has 0 unspecified atom stereocenters. The number of hydrogen-bond donors (Lipinski definition) is 3. The summed E-state index contributed by atoms with van der Waals surface area (Å²) in [7, 11) is 1.54. The van der Waals surface area contributed by atoms with Gasteiger partial charge in [-0.15, -0.1) is 11.3 Å². The first-order chi connectivity index (χ1) is 22.0. The van der Waals surface area contributed by atoms with Crippen LogP contribution >= 0.6 is 11.3 Å². The highest BCUT2D eigenvalue weighted by Gasteiger charge is 2.12. The van der Waals surface area contributed by atoms with Crippen molar-refractivity contribution in [1.82, 2.24) is 10.4 Å². The van der Waals surface area contributed by atoms with Gasteiger partial charge in [0.15, 0.2) is 23.2 Å². The average Bonchev–Trinajstić information content (AvgIpc) is 3.53. The second kappa shape index (κ2) is 15.2. The van der Waals surface area contributed by atoms with E-state index in [0.29, 0.717) is 40.7 Å². The second-order valence-corrected chi connectivity index (χ2v) is 10.3. The van der Waals surface area contributed by atoms with Gasteiger partial charge in [0.25, 0.3) is 11.8 Å². The van der Waals surface area contributed by atoms with Crippen molar-refractivity contribution in [3.05, 3.63) is 114 Å². The van der Waals surface area contributed by atoms with Crippen molar-refractivity contribution < 1.29 is 23.8 Å². The molecule has 3 N–H and O–H groups in total. The molecule has 0 saturated heterocycles. The van der Waals surface area contributed by atoms with Crippen LogP contribution in [-0.4, -0.2) is 43.3 Å². The Hall–Kier alpha value is -5.68. The molecule has 0 bridgehead atoms. The third kappa shape index (κ3) is 8.46. The Labute approximate surface area is 264 Å². The van der Waals surface area contributed by atoms with Gasteiger partial charge in [-0.1, -0.05) is 42.5 Å². The van der Waals surface area contributed by atoms with Gasteiger partial charge in [0.1, 0.15) is 5.75 Å². The summed E-state index contributed by atoms with van der Waals surface area (Å²) in [5.74, 6) is 0.692. The van der Waals surface area contributed by atoms with Gasteiger partial charge in [-0.2, -0.15) is 5.10 Å². The fourth-order valence-electron chi connectivity index (χ4n) is 4.20. The first-order valence-corrected chi connectivity index (χ1v) is 14.9. The molecule has 5 rings (SSSR count). The molecule has 0 fully saturated rings. The number of benzene rings is 4. The molecule has 5 aromatic rings. The van der Waals surface area contributed by atoms with E-state index in [2.05, 4.69) is 26.1 Å².